The van der Waals surface area contributed by atoms with Crippen molar-refractivity contribution in [3.8, 4) is 0 Å². The minimum atomic E-state index is 0.862. The molecule has 0 aromatic rings. The third-order valence-electron chi connectivity index (χ3n) is 17.1. The maximum atomic E-state index is 2.62. The molecule has 1 atom stereocenters. The van der Waals surface area contributed by atoms with E-state index in [4.69, 9.17) is 0 Å². The molecule has 0 heterocycles. The third kappa shape index (κ3) is 60.6. The Morgan fingerprint density at radius 1 is 0.171 bits per heavy atom. The number of hydrogen-bond acceptors (Lipinski definition) is 0. The highest BCUT2D eigenvalue weighted by Gasteiger charge is 2.17. The van der Waals surface area contributed by atoms with Crippen molar-refractivity contribution in [3.63, 3.8) is 0 Å². The summed E-state index contributed by atoms with van der Waals surface area (Å²) in [5, 5.41) is 0. The summed E-state index contributed by atoms with van der Waals surface area (Å²) >= 11 is 0. The van der Waals surface area contributed by atoms with Gasteiger partial charge in [-0.05, 0) is 24.7 Å². The maximum Gasteiger partial charge on any atom is -0.0213 e. The molecule has 0 bridgehead atoms. The quantitative estimate of drug-likeness (QED) is 0.0533. The molecule has 421 valence electrons. The molecule has 70 heavy (non-hydrogen) atoms. The van der Waals surface area contributed by atoms with Crippen LogP contribution in [0.4, 0.5) is 0 Å². The van der Waals surface area contributed by atoms with Gasteiger partial charge in [-0.15, -0.1) is 0 Å². The first-order valence-corrected chi connectivity index (χ1v) is 34.6. The van der Waals surface area contributed by atoms with Gasteiger partial charge in [0.15, 0.2) is 0 Å². The molecule has 1 radical (unpaired) electrons. The topological polar surface area (TPSA) is 0 Å². The number of unbranched alkanes of at least 4 members (excludes halogenated alkanes) is 58. The number of hydrogen-bond donors (Lipinski definition) is 0. The molecule has 0 nitrogen and oxygen atoms in total. The lowest BCUT2D eigenvalue weighted by atomic mass is 9.81. The lowest BCUT2D eigenvalue weighted by molar-refractivity contribution is 0.427. The van der Waals surface area contributed by atoms with Crippen molar-refractivity contribution in [2.75, 3.05) is 0 Å². The summed E-state index contributed by atoms with van der Waals surface area (Å²) in [4.78, 5) is 0. The minimum absolute atomic E-state index is 0.862. The van der Waals surface area contributed by atoms with Crippen LogP contribution in [-0.2, 0) is 0 Å². The maximum absolute atomic E-state index is 2.62. The van der Waals surface area contributed by atoms with Crippen LogP contribution in [0.5, 0.6) is 0 Å². The highest BCUT2D eigenvalue weighted by atomic mass is 14.2. The van der Waals surface area contributed by atoms with E-state index in [2.05, 4.69) is 27.7 Å². The molecule has 0 aliphatic rings. The highest BCUT2D eigenvalue weighted by molar-refractivity contribution is 4.94. The Hall–Kier alpha value is 0. The van der Waals surface area contributed by atoms with E-state index in [1.54, 1.807) is 0 Å². The number of rotatable bonds is 65. The second kappa shape index (κ2) is 65.1. The predicted molar refractivity (Wildman–Crippen MR) is 325 cm³/mol. The van der Waals surface area contributed by atoms with E-state index in [0.29, 0.717) is 0 Å². The van der Waals surface area contributed by atoms with E-state index < -0.39 is 0 Å². The van der Waals surface area contributed by atoms with Crippen LogP contribution in [0.3, 0.4) is 0 Å². The molecule has 0 aliphatic carbocycles. The highest BCUT2D eigenvalue weighted by Crippen LogP contribution is 2.32. The van der Waals surface area contributed by atoms with Crippen molar-refractivity contribution >= 4 is 0 Å². The van der Waals surface area contributed by atoms with Crippen molar-refractivity contribution in [1.29, 1.82) is 0 Å². The van der Waals surface area contributed by atoms with E-state index in [-0.39, 0.29) is 0 Å². The molecule has 0 aromatic carbocycles. The first-order chi connectivity index (χ1) is 34.8. The van der Waals surface area contributed by atoms with Crippen molar-refractivity contribution in [3.05, 3.63) is 5.92 Å². The molecule has 0 fully saturated rings. The van der Waals surface area contributed by atoms with Crippen LogP contribution in [-0.4, -0.2) is 0 Å². The van der Waals surface area contributed by atoms with E-state index in [1.807, 2.05) is 5.92 Å². The summed E-state index contributed by atoms with van der Waals surface area (Å²) in [6, 6.07) is 0. The molecule has 0 saturated heterocycles. The summed E-state index contributed by atoms with van der Waals surface area (Å²) in [6.07, 6.45) is 94.6. The summed E-state index contributed by atoms with van der Waals surface area (Å²) in [6.45, 7) is 9.59. The largest absolute Gasteiger partial charge is 0.0654 e. The van der Waals surface area contributed by atoms with Crippen LogP contribution in [0.1, 0.15) is 439 Å². The lowest BCUT2D eigenvalue weighted by Gasteiger charge is -2.24. The second-order valence-electron chi connectivity index (χ2n) is 24.4. The molecule has 0 amide bonds. The molecule has 0 heteroatoms. The van der Waals surface area contributed by atoms with E-state index in [9.17, 15) is 0 Å². The normalized spacial score (nSPS) is 12.3. The molecule has 0 spiro atoms. The first-order valence-electron chi connectivity index (χ1n) is 34.6. The van der Waals surface area contributed by atoms with Crippen LogP contribution in [0.25, 0.3) is 0 Å². The Morgan fingerprint density at radius 3 is 0.457 bits per heavy atom. The van der Waals surface area contributed by atoms with Gasteiger partial charge in [0.05, 0.1) is 0 Å². The van der Waals surface area contributed by atoms with E-state index in [1.165, 1.54) is 411 Å². The average Bonchev–Trinajstić information content (AvgIpc) is 3.37. The third-order valence-corrected chi connectivity index (χ3v) is 17.1. The van der Waals surface area contributed by atoms with Crippen LogP contribution in [0.15, 0.2) is 0 Å². The van der Waals surface area contributed by atoms with Crippen LogP contribution in [0.2, 0.25) is 0 Å². The fourth-order valence-electron chi connectivity index (χ4n) is 11.9. The van der Waals surface area contributed by atoms with Crippen molar-refractivity contribution in [1.82, 2.24) is 0 Å². The van der Waals surface area contributed by atoms with Gasteiger partial charge in [0, 0.05) is 0 Å². The fourth-order valence-corrected chi connectivity index (χ4v) is 11.9. The smallest absolute Gasteiger partial charge is 0.0213 e. The van der Waals surface area contributed by atoms with Gasteiger partial charge in [-0.25, -0.2) is 0 Å². The Labute approximate surface area is 448 Å². The fraction of sp³-hybridized carbons (Fsp3) is 0.986. The molecule has 0 aromatic heterocycles. The Morgan fingerprint density at radius 2 is 0.300 bits per heavy atom. The SMILES string of the molecule is CCCCCCCCCCCCCCCCCCCCCCC[C](CCCCCCCCCCCCCCCCCCCCCCC)C(C)CCCCCCCCCCCCCCCCCCCCC. The van der Waals surface area contributed by atoms with Crippen molar-refractivity contribution in [2.45, 2.75) is 439 Å². The van der Waals surface area contributed by atoms with Gasteiger partial charge in [-0.2, -0.15) is 0 Å². The molecule has 0 saturated carbocycles. The van der Waals surface area contributed by atoms with Crippen LogP contribution >= 0.6 is 0 Å². The van der Waals surface area contributed by atoms with Gasteiger partial charge in [-0.1, -0.05) is 426 Å². The summed E-state index contributed by atoms with van der Waals surface area (Å²) in [5.41, 5.74) is 0. The Kier molecular flexibility index (Phi) is 65.1. The van der Waals surface area contributed by atoms with E-state index in [0.717, 1.165) is 5.92 Å². The minimum Gasteiger partial charge on any atom is -0.0654 e. The molecule has 0 N–H and O–H groups in total. The molecular formula is C70H141. The van der Waals surface area contributed by atoms with Gasteiger partial charge in [0.2, 0.25) is 0 Å². The average molecular weight is 983 g/mol. The zero-order chi connectivity index (χ0) is 50.4. The predicted octanol–water partition coefficient (Wildman–Crippen LogP) is 27.2. The van der Waals surface area contributed by atoms with Gasteiger partial charge in [0.25, 0.3) is 0 Å². The Balaban J connectivity index is 4.08. The van der Waals surface area contributed by atoms with Gasteiger partial charge in [0.1, 0.15) is 0 Å². The second-order valence-corrected chi connectivity index (χ2v) is 24.4. The zero-order valence-electron chi connectivity index (χ0n) is 50.3. The Bertz CT molecular complexity index is 812. The molecule has 0 rings (SSSR count). The standard InChI is InChI=1S/C70H141/c1-5-8-11-14-17-20-23-26-29-32-35-37-40-43-46-49-52-55-58-61-64-67-70(68-65-62-59-56-53-50-47-44-41-38-36-33-30-27-24-21-18-15-12-9-6-2)69(4)66-63-60-57-54-51-48-45-42-39-34-31-28-25-22-19-16-13-10-7-3/h69H,5-68H2,1-4H3. The summed E-state index contributed by atoms with van der Waals surface area (Å²) < 4.78 is 0. The van der Waals surface area contributed by atoms with E-state index >= 15 is 0 Å². The molecule has 1 unspecified atom stereocenters. The lowest BCUT2D eigenvalue weighted by Crippen LogP contribution is -2.10. The molecular weight excluding hydrogens is 841 g/mol. The van der Waals surface area contributed by atoms with Crippen molar-refractivity contribution in [2.24, 2.45) is 5.92 Å². The van der Waals surface area contributed by atoms with Gasteiger partial charge < -0.3 is 0 Å². The van der Waals surface area contributed by atoms with Gasteiger partial charge >= 0.3 is 0 Å². The molecule has 0 aliphatic heterocycles. The zero-order valence-corrected chi connectivity index (χ0v) is 50.3. The first kappa shape index (κ1) is 70.0. The van der Waals surface area contributed by atoms with Crippen molar-refractivity contribution < 1.29 is 0 Å². The monoisotopic (exact) mass is 982 g/mol. The summed E-state index contributed by atoms with van der Waals surface area (Å²) in [7, 11) is 0. The van der Waals surface area contributed by atoms with Crippen LogP contribution in [0, 0.1) is 11.8 Å². The van der Waals surface area contributed by atoms with Gasteiger partial charge in [-0.3, -0.25) is 0 Å². The summed E-state index contributed by atoms with van der Waals surface area (Å²) in [5.74, 6) is 2.83. The van der Waals surface area contributed by atoms with Crippen LogP contribution < -0.4 is 0 Å².